The quantitative estimate of drug-likeness (QED) is 0.867. The summed E-state index contributed by atoms with van der Waals surface area (Å²) < 4.78 is 10.8. The van der Waals surface area contributed by atoms with Gasteiger partial charge in [0.2, 0.25) is 0 Å². The van der Waals surface area contributed by atoms with E-state index in [1.54, 1.807) is 5.38 Å². The zero-order valence-electron chi connectivity index (χ0n) is 9.79. The van der Waals surface area contributed by atoms with E-state index in [0.29, 0.717) is 29.6 Å². The number of aliphatic hydroxyl groups is 2. The molecule has 0 bridgehead atoms. The molecule has 1 aromatic heterocycles. The first-order valence-electron chi connectivity index (χ1n) is 5.46. The summed E-state index contributed by atoms with van der Waals surface area (Å²) in [6.45, 7) is 2.34. The third-order valence-corrected chi connectivity index (χ3v) is 4.35. The summed E-state index contributed by atoms with van der Waals surface area (Å²) in [6, 6.07) is 0. The Kier molecular flexibility index (Phi) is 4.50. The molecule has 7 heteroatoms. The predicted molar refractivity (Wildman–Crippen MR) is 69.4 cm³/mol. The van der Waals surface area contributed by atoms with Crippen molar-refractivity contribution in [1.82, 2.24) is 0 Å². The first-order chi connectivity index (χ1) is 8.59. The van der Waals surface area contributed by atoms with Gasteiger partial charge in [-0.25, -0.2) is 0 Å². The number of fused-ring (bicyclic) bond motifs is 1. The van der Waals surface area contributed by atoms with Crippen molar-refractivity contribution in [1.29, 1.82) is 0 Å². The number of thioether (sulfide) groups is 1. The Balaban J connectivity index is 2.06. The molecule has 2 atom stereocenters. The molecule has 1 aliphatic rings. The number of hydrogen-bond donors (Lipinski definition) is 2. The van der Waals surface area contributed by atoms with Gasteiger partial charge >= 0.3 is 0 Å². The van der Waals surface area contributed by atoms with Crippen LogP contribution < -0.4 is 9.47 Å². The number of hydrogen-bond acceptors (Lipinski definition) is 7. The van der Waals surface area contributed by atoms with Crippen molar-refractivity contribution in [3.63, 3.8) is 0 Å². The van der Waals surface area contributed by atoms with Gasteiger partial charge in [0.25, 0.3) is 0 Å². The zero-order chi connectivity index (χ0) is 13.1. The van der Waals surface area contributed by atoms with Crippen molar-refractivity contribution in [2.24, 2.45) is 0 Å². The lowest BCUT2D eigenvalue weighted by atomic mass is 10.2. The van der Waals surface area contributed by atoms with E-state index < -0.39 is 12.2 Å². The molecule has 18 heavy (non-hydrogen) atoms. The molecule has 0 amide bonds. The average Bonchev–Trinajstić information content (AvgIpc) is 2.78. The monoisotopic (exact) mass is 290 g/mol. The maximum atomic E-state index is 10.8. The van der Waals surface area contributed by atoms with Gasteiger partial charge in [0, 0.05) is 18.1 Å². The normalized spacial score (nSPS) is 17.3. The summed E-state index contributed by atoms with van der Waals surface area (Å²) in [5, 5.41) is 21.5. The van der Waals surface area contributed by atoms with E-state index in [9.17, 15) is 15.0 Å². The van der Waals surface area contributed by atoms with E-state index in [-0.39, 0.29) is 10.9 Å². The molecule has 1 aromatic rings. The van der Waals surface area contributed by atoms with Crippen molar-refractivity contribution in [2.45, 2.75) is 19.1 Å². The molecule has 0 saturated carbocycles. The van der Waals surface area contributed by atoms with E-state index in [1.165, 1.54) is 18.3 Å². The molecule has 0 aromatic carbocycles. The largest absolute Gasteiger partial charge is 0.485 e. The number of thiophene rings is 1. The van der Waals surface area contributed by atoms with Crippen molar-refractivity contribution in [3.05, 3.63) is 10.3 Å². The molecule has 2 N–H and O–H groups in total. The Hall–Kier alpha value is -0.760. The van der Waals surface area contributed by atoms with Crippen LogP contribution in [0.2, 0.25) is 0 Å². The lowest BCUT2D eigenvalue weighted by molar-refractivity contribution is -0.109. The van der Waals surface area contributed by atoms with Crippen LogP contribution in [0.1, 0.15) is 17.9 Å². The van der Waals surface area contributed by atoms with Crippen molar-refractivity contribution >= 4 is 28.2 Å². The predicted octanol–water partition coefficient (Wildman–Crippen LogP) is 1.19. The van der Waals surface area contributed by atoms with Gasteiger partial charge in [0.05, 0.1) is 11.0 Å². The molecule has 100 valence electrons. The Morgan fingerprint density at radius 1 is 1.50 bits per heavy atom. The zero-order valence-corrected chi connectivity index (χ0v) is 11.4. The smallest absolute Gasteiger partial charge is 0.185 e. The summed E-state index contributed by atoms with van der Waals surface area (Å²) in [4.78, 5) is 11.4. The summed E-state index contributed by atoms with van der Waals surface area (Å²) in [6.07, 6.45) is -2.07. The van der Waals surface area contributed by atoms with Crippen molar-refractivity contribution < 1.29 is 24.5 Å². The highest BCUT2D eigenvalue weighted by molar-refractivity contribution is 8.13. The van der Waals surface area contributed by atoms with Crippen LogP contribution in [-0.4, -0.2) is 40.4 Å². The molecular weight excluding hydrogens is 276 g/mol. The third-order valence-electron chi connectivity index (χ3n) is 2.42. The Labute approximate surface area is 113 Å². The first kappa shape index (κ1) is 13.7. The summed E-state index contributed by atoms with van der Waals surface area (Å²) >= 11 is 2.27. The topological polar surface area (TPSA) is 76.0 Å². The van der Waals surface area contributed by atoms with Crippen LogP contribution in [0.5, 0.6) is 11.5 Å². The van der Waals surface area contributed by atoms with E-state index in [1.807, 2.05) is 0 Å². The van der Waals surface area contributed by atoms with Crippen LogP contribution in [0, 0.1) is 0 Å². The van der Waals surface area contributed by atoms with Gasteiger partial charge in [-0.2, -0.15) is 0 Å². The second-order valence-corrected chi connectivity index (χ2v) is 5.91. The Morgan fingerprint density at radius 3 is 2.94 bits per heavy atom. The van der Waals surface area contributed by atoms with Crippen LogP contribution in [0.25, 0.3) is 0 Å². The highest BCUT2D eigenvalue weighted by Gasteiger charge is 2.28. The van der Waals surface area contributed by atoms with Gasteiger partial charge in [-0.1, -0.05) is 11.8 Å². The molecule has 2 rings (SSSR count). The lowest BCUT2D eigenvalue weighted by Crippen LogP contribution is -2.22. The number of aliphatic hydroxyl groups excluding tert-OH is 2. The van der Waals surface area contributed by atoms with Gasteiger partial charge in [-0.3, -0.25) is 4.79 Å². The minimum absolute atomic E-state index is 0.0889. The van der Waals surface area contributed by atoms with Crippen molar-refractivity contribution in [2.75, 3.05) is 19.0 Å². The molecule has 1 aliphatic heterocycles. The second kappa shape index (κ2) is 5.92. The SMILES string of the molecule is CC(=O)SCC(O)C(O)c1scc2c1OCCO2. The third kappa shape index (κ3) is 2.97. The van der Waals surface area contributed by atoms with Crippen LogP contribution in [0.15, 0.2) is 5.38 Å². The van der Waals surface area contributed by atoms with Crippen LogP contribution in [-0.2, 0) is 4.79 Å². The average molecular weight is 290 g/mol. The fraction of sp³-hybridized carbons (Fsp3) is 0.545. The molecule has 0 saturated heterocycles. The number of carbonyl (C=O) groups is 1. The first-order valence-corrected chi connectivity index (χ1v) is 7.32. The van der Waals surface area contributed by atoms with E-state index in [2.05, 4.69) is 0 Å². The summed E-state index contributed by atoms with van der Waals surface area (Å²) in [5.41, 5.74) is 0. The standard InChI is InChI=1S/C11H14O5S2/c1-6(12)17-4-7(13)9(14)11-10-8(5-18-11)15-2-3-16-10/h5,7,9,13-14H,2-4H2,1H3. The van der Waals surface area contributed by atoms with Gasteiger partial charge in [-0.15, -0.1) is 11.3 Å². The maximum absolute atomic E-state index is 10.8. The number of ether oxygens (including phenoxy) is 2. The fourth-order valence-electron chi connectivity index (χ4n) is 1.56. The molecule has 2 heterocycles. The number of rotatable bonds is 4. The molecule has 0 radical (unpaired) electrons. The second-order valence-electron chi connectivity index (χ2n) is 3.81. The number of carbonyl (C=O) groups excluding carboxylic acids is 1. The molecule has 5 nitrogen and oxygen atoms in total. The van der Waals surface area contributed by atoms with Crippen LogP contribution in [0.3, 0.4) is 0 Å². The minimum Gasteiger partial charge on any atom is -0.485 e. The Bertz CT molecular complexity index is 431. The highest BCUT2D eigenvalue weighted by Crippen LogP contribution is 2.43. The summed E-state index contributed by atoms with van der Waals surface area (Å²) in [7, 11) is 0. The maximum Gasteiger partial charge on any atom is 0.185 e. The fourth-order valence-corrected chi connectivity index (χ4v) is 3.12. The molecular formula is C11H14O5S2. The van der Waals surface area contributed by atoms with Crippen LogP contribution in [0.4, 0.5) is 0 Å². The van der Waals surface area contributed by atoms with Gasteiger partial charge in [0.1, 0.15) is 19.3 Å². The Morgan fingerprint density at radius 2 is 2.22 bits per heavy atom. The van der Waals surface area contributed by atoms with Gasteiger partial charge in [0.15, 0.2) is 16.6 Å². The molecule has 2 unspecified atom stereocenters. The lowest BCUT2D eigenvalue weighted by Gasteiger charge is -2.20. The minimum atomic E-state index is -1.06. The van der Waals surface area contributed by atoms with Gasteiger partial charge < -0.3 is 19.7 Å². The molecule has 0 fully saturated rings. The van der Waals surface area contributed by atoms with Crippen LogP contribution >= 0.6 is 23.1 Å². The summed E-state index contributed by atoms with van der Waals surface area (Å²) in [5.74, 6) is 1.27. The van der Waals surface area contributed by atoms with E-state index >= 15 is 0 Å². The van der Waals surface area contributed by atoms with E-state index in [4.69, 9.17) is 9.47 Å². The molecule has 0 aliphatic carbocycles. The molecule has 0 spiro atoms. The highest BCUT2D eigenvalue weighted by atomic mass is 32.2. The van der Waals surface area contributed by atoms with E-state index in [0.717, 1.165) is 11.8 Å². The van der Waals surface area contributed by atoms with Gasteiger partial charge in [-0.05, 0) is 0 Å². The van der Waals surface area contributed by atoms with Crippen molar-refractivity contribution in [3.8, 4) is 11.5 Å².